The zero-order valence-electron chi connectivity index (χ0n) is 16.9. The van der Waals surface area contributed by atoms with Gasteiger partial charge in [0.1, 0.15) is 5.01 Å². The quantitative estimate of drug-likeness (QED) is 0.436. The lowest BCUT2D eigenvalue weighted by Crippen LogP contribution is -2.33. The van der Waals surface area contributed by atoms with Crippen LogP contribution in [0.1, 0.15) is 16.1 Å². The molecular formula is C22H26N4O2S. The third kappa shape index (κ3) is 5.48. The van der Waals surface area contributed by atoms with Gasteiger partial charge >= 0.3 is 0 Å². The van der Waals surface area contributed by atoms with Gasteiger partial charge in [0.2, 0.25) is 0 Å². The summed E-state index contributed by atoms with van der Waals surface area (Å²) in [7, 11) is 3.26. The average Bonchev–Trinajstić information content (AvgIpc) is 3.13. The van der Waals surface area contributed by atoms with Crippen molar-refractivity contribution in [3.05, 3.63) is 64.7 Å². The summed E-state index contributed by atoms with van der Waals surface area (Å²) in [5, 5.41) is 4.17. The van der Waals surface area contributed by atoms with Crippen molar-refractivity contribution in [3.8, 4) is 22.1 Å². The molecule has 0 aliphatic rings. The smallest absolute Gasteiger partial charge is 0.188 e. The number of guanidine groups is 1. The molecule has 29 heavy (non-hydrogen) atoms. The van der Waals surface area contributed by atoms with Crippen LogP contribution in [0, 0.1) is 6.92 Å². The predicted molar refractivity (Wildman–Crippen MR) is 119 cm³/mol. The van der Waals surface area contributed by atoms with Gasteiger partial charge in [0.25, 0.3) is 0 Å². The molecule has 2 aromatic carbocycles. The topological polar surface area (TPSA) is 81.8 Å². The summed E-state index contributed by atoms with van der Waals surface area (Å²) in [5.41, 5.74) is 9.29. The number of aliphatic imine (C=N–C) groups is 1. The van der Waals surface area contributed by atoms with E-state index in [2.05, 4.69) is 27.4 Å². The van der Waals surface area contributed by atoms with E-state index in [1.165, 1.54) is 0 Å². The van der Waals surface area contributed by atoms with Crippen molar-refractivity contribution in [1.29, 1.82) is 0 Å². The Morgan fingerprint density at radius 2 is 1.86 bits per heavy atom. The molecule has 6 nitrogen and oxygen atoms in total. The first-order valence-electron chi connectivity index (χ1n) is 9.37. The van der Waals surface area contributed by atoms with Crippen molar-refractivity contribution in [2.24, 2.45) is 10.7 Å². The molecule has 0 amide bonds. The Hall–Kier alpha value is -3.06. The maximum atomic E-state index is 6.03. The van der Waals surface area contributed by atoms with Crippen molar-refractivity contribution < 1.29 is 9.47 Å². The molecule has 0 saturated heterocycles. The van der Waals surface area contributed by atoms with E-state index in [9.17, 15) is 0 Å². The molecule has 1 aromatic heterocycles. The van der Waals surface area contributed by atoms with Crippen LogP contribution in [0.2, 0.25) is 0 Å². The lowest BCUT2D eigenvalue weighted by Gasteiger charge is -2.10. The number of aromatic nitrogens is 1. The fourth-order valence-corrected chi connectivity index (χ4v) is 3.86. The van der Waals surface area contributed by atoms with E-state index in [4.69, 9.17) is 15.2 Å². The highest BCUT2D eigenvalue weighted by Crippen LogP contribution is 2.28. The van der Waals surface area contributed by atoms with Gasteiger partial charge in [0, 0.05) is 17.0 Å². The van der Waals surface area contributed by atoms with Gasteiger partial charge in [-0.3, -0.25) is 0 Å². The number of aryl methyl sites for hydroxylation is 1. The zero-order valence-corrected chi connectivity index (χ0v) is 17.8. The number of nitrogens with zero attached hydrogens (tertiary/aromatic N) is 2. The van der Waals surface area contributed by atoms with Crippen LogP contribution in [0.3, 0.4) is 0 Å². The largest absolute Gasteiger partial charge is 0.493 e. The number of hydrogen-bond donors (Lipinski definition) is 2. The van der Waals surface area contributed by atoms with Crippen molar-refractivity contribution in [2.45, 2.75) is 19.9 Å². The molecule has 0 bridgehead atoms. The van der Waals surface area contributed by atoms with E-state index < -0.39 is 0 Å². The number of nitrogens with one attached hydrogen (secondary N) is 1. The second-order valence-corrected chi connectivity index (χ2v) is 7.54. The molecule has 0 unspecified atom stereocenters. The Morgan fingerprint density at radius 3 is 2.59 bits per heavy atom. The summed E-state index contributed by atoms with van der Waals surface area (Å²) in [6.45, 7) is 3.21. The summed E-state index contributed by atoms with van der Waals surface area (Å²) in [6, 6.07) is 16.1. The van der Waals surface area contributed by atoms with Crippen molar-refractivity contribution in [3.63, 3.8) is 0 Å². The van der Waals surface area contributed by atoms with E-state index in [-0.39, 0.29) is 0 Å². The maximum absolute atomic E-state index is 6.03. The number of rotatable bonds is 8. The summed E-state index contributed by atoms with van der Waals surface area (Å²) < 4.78 is 10.6. The van der Waals surface area contributed by atoms with Crippen LogP contribution in [0.4, 0.5) is 0 Å². The molecule has 0 aliphatic carbocycles. The van der Waals surface area contributed by atoms with Gasteiger partial charge in [-0.25, -0.2) is 9.98 Å². The lowest BCUT2D eigenvalue weighted by atomic mass is 10.1. The first-order valence-corrected chi connectivity index (χ1v) is 10.2. The minimum Gasteiger partial charge on any atom is -0.493 e. The Morgan fingerprint density at radius 1 is 1.10 bits per heavy atom. The van der Waals surface area contributed by atoms with Crippen molar-refractivity contribution in [2.75, 3.05) is 20.8 Å². The molecule has 3 N–H and O–H groups in total. The molecule has 0 fully saturated rings. The lowest BCUT2D eigenvalue weighted by molar-refractivity contribution is 0.354. The second-order valence-electron chi connectivity index (χ2n) is 6.46. The Bertz CT molecular complexity index is 970. The average molecular weight is 411 g/mol. The molecule has 7 heteroatoms. The van der Waals surface area contributed by atoms with E-state index in [0.717, 1.165) is 44.6 Å². The number of ether oxygens (including phenoxy) is 2. The van der Waals surface area contributed by atoms with Crippen LogP contribution in [-0.4, -0.2) is 31.7 Å². The number of thiazole rings is 1. The SMILES string of the molecule is COc1ccc(CCNC(N)=NCc2sc(-c3ccccc3)nc2C)cc1OC. The van der Waals surface area contributed by atoms with Crippen LogP contribution in [0.25, 0.3) is 10.6 Å². The molecule has 0 atom stereocenters. The van der Waals surface area contributed by atoms with E-state index in [1.54, 1.807) is 25.6 Å². The molecule has 0 spiro atoms. The fraction of sp³-hybridized carbons (Fsp3) is 0.273. The van der Waals surface area contributed by atoms with Gasteiger partial charge in [-0.15, -0.1) is 11.3 Å². The first kappa shape index (κ1) is 20.7. The highest BCUT2D eigenvalue weighted by Gasteiger charge is 2.09. The third-order valence-electron chi connectivity index (χ3n) is 4.47. The summed E-state index contributed by atoms with van der Waals surface area (Å²) >= 11 is 1.66. The van der Waals surface area contributed by atoms with Crippen LogP contribution in [0.15, 0.2) is 53.5 Å². The Balaban J connectivity index is 1.54. The molecule has 1 heterocycles. The molecule has 0 aliphatic heterocycles. The van der Waals surface area contributed by atoms with Crippen LogP contribution >= 0.6 is 11.3 Å². The summed E-state index contributed by atoms with van der Waals surface area (Å²) in [5.74, 6) is 1.88. The van der Waals surface area contributed by atoms with Crippen LogP contribution in [-0.2, 0) is 13.0 Å². The molecular weight excluding hydrogens is 384 g/mol. The van der Waals surface area contributed by atoms with Crippen molar-refractivity contribution in [1.82, 2.24) is 10.3 Å². The predicted octanol–water partition coefficient (Wildman–Crippen LogP) is 3.78. The molecule has 3 rings (SSSR count). The van der Waals surface area contributed by atoms with Crippen molar-refractivity contribution >= 4 is 17.3 Å². The van der Waals surface area contributed by atoms with E-state index in [1.807, 2.05) is 43.3 Å². The second kappa shape index (κ2) is 9.93. The van der Waals surface area contributed by atoms with Gasteiger partial charge in [-0.05, 0) is 31.0 Å². The van der Waals surface area contributed by atoms with E-state index >= 15 is 0 Å². The van der Waals surface area contributed by atoms with E-state index in [0.29, 0.717) is 19.0 Å². The number of nitrogens with two attached hydrogens (primary N) is 1. The Kier molecular flexibility index (Phi) is 7.08. The monoisotopic (exact) mass is 410 g/mol. The maximum Gasteiger partial charge on any atom is 0.188 e. The van der Waals surface area contributed by atoms with Crippen LogP contribution in [0.5, 0.6) is 11.5 Å². The number of hydrogen-bond acceptors (Lipinski definition) is 5. The molecule has 3 aromatic rings. The van der Waals surface area contributed by atoms with Gasteiger partial charge in [0.15, 0.2) is 17.5 Å². The molecule has 0 saturated carbocycles. The summed E-state index contributed by atoms with van der Waals surface area (Å²) in [4.78, 5) is 10.2. The molecule has 0 radical (unpaired) electrons. The highest BCUT2D eigenvalue weighted by atomic mass is 32.1. The van der Waals surface area contributed by atoms with Gasteiger partial charge < -0.3 is 20.5 Å². The van der Waals surface area contributed by atoms with Gasteiger partial charge in [0.05, 0.1) is 26.5 Å². The van der Waals surface area contributed by atoms with Crippen LogP contribution < -0.4 is 20.5 Å². The minimum atomic E-state index is 0.430. The van der Waals surface area contributed by atoms with Gasteiger partial charge in [-0.2, -0.15) is 0 Å². The standard InChI is InChI=1S/C22H26N4O2S/c1-15-20(29-21(26-15)17-7-5-4-6-8-17)14-25-22(23)24-12-11-16-9-10-18(27-2)19(13-16)28-3/h4-10,13H,11-12,14H2,1-3H3,(H3,23,24,25). The number of methoxy groups -OCH3 is 2. The summed E-state index contributed by atoms with van der Waals surface area (Å²) in [6.07, 6.45) is 0.800. The third-order valence-corrected chi connectivity index (χ3v) is 5.67. The normalized spacial score (nSPS) is 11.3. The highest BCUT2D eigenvalue weighted by molar-refractivity contribution is 7.15. The Labute approximate surface area is 175 Å². The fourth-order valence-electron chi connectivity index (χ4n) is 2.86. The molecule has 152 valence electrons. The van der Waals surface area contributed by atoms with Gasteiger partial charge in [-0.1, -0.05) is 36.4 Å². The first-order chi connectivity index (χ1) is 14.1. The minimum absolute atomic E-state index is 0.430. The zero-order chi connectivity index (χ0) is 20.6. The number of benzene rings is 2.